The number of hydrogen-bond donors (Lipinski definition) is 2. The number of nitrogens with one attached hydrogen (secondary N) is 2. The first kappa shape index (κ1) is 26.4. The summed E-state index contributed by atoms with van der Waals surface area (Å²) in [5.41, 5.74) is 0. The van der Waals surface area contributed by atoms with Gasteiger partial charge in [0.2, 0.25) is 0 Å². The number of hydrogen-bond acceptors (Lipinski definition) is 4. The second-order valence-corrected chi connectivity index (χ2v) is 9.51. The van der Waals surface area contributed by atoms with Crippen molar-refractivity contribution in [3.8, 4) is 0 Å². The van der Waals surface area contributed by atoms with E-state index in [2.05, 4.69) is 39.6 Å². The highest BCUT2D eigenvalue weighted by atomic mass is 127. The predicted octanol–water partition coefficient (Wildman–Crippen LogP) is 4.01. The van der Waals surface area contributed by atoms with Crippen molar-refractivity contribution in [2.24, 2.45) is 18.0 Å². The van der Waals surface area contributed by atoms with Crippen molar-refractivity contribution in [2.75, 3.05) is 19.6 Å². The van der Waals surface area contributed by atoms with Gasteiger partial charge in [0, 0.05) is 25.7 Å². The lowest BCUT2D eigenvalue weighted by atomic mass is 9.96. The van der Waals surface area contributed by atoms with Crippen LogP contribution in [-0.4, -0.2) is 57.3 Å². The Morgan fingerprint density at radius 3 is 2.26 bits per heavy atom. The summed E-state index contributed by atoms with van der Waals surface area (Å²) < 4.78 is 2.02. The molecule has 1 aliphatic carbocycles. The van der Waals surface area contributed by atoms with Crippen molar-refractivity contribution in [3.63, 3.8) is 0 Å². The van der Waals surface area contributed by atoms with Gasteiger partial charge in [-0.2, -0.15) is 0 Å². The largest absolute Gasteiger partial charge is 0.355 e. The molecule has 2 N–H and O–H groups in total. The SMILES string of the molecule is Cc1nnc(CN=C(NCC(C(C)C)N2CCCCCC2)NC2CCCCC2)n1C.I. The van der Waals surface area contributed by atoms with Crippen LogP contribution < -0.4 is 10.6 Å². The zero-order valence-corrected chi connectivity index (χ0v) is 22.4. The van der Waals surface area contributed by atoms with E-state index in [9.17, 15) is 0 Å². The molecular formula is C23H44IN7. The van der Waals surface area contributed by atoms with Crippen molar-refractivity contribution in [2.45, 2.75) is 97.2 Å². The number of aryl methyl sites for hydroxylation is 1. The van der Waals surface area contributed by atoms with Crippen LogP contribution in [-0.2, 0) is 13.6 Å². The molecule has 1 unspecified atom stereocenters. The van der Waals surface area contributed by atoms with Crippen molar-refractivity contribution in [1.29, 1.82) is 0 Å². The van der Waals surface area contributed by atoms with Crippen molar-refractivity contribution in [3.05, 3.63) is 11.6 Å². The Morgan fingerprint density at radius 2 is 1.68 bits per heavy atom. The van der Waals surface area contributed by atoms with Crippen molar-refractivity contribution >= 4 is 29.9 Å². The summed E-state index contributed by atoms with van der Waals surface area (Å²) in [6.07, 6.45) is 11.9. The van der Waals surface area contributed by atoms with E-state index in [0.29, 0.717) is 24.5 Å². The highest BCUT2D eigenvalue weighted by Crippen LogP contribution is 2.18. The fourth-order valence-corrected chi connectivity index (χ4v) is 4.75. The molecule has 2 aliphatic rings. The Morgan fingerprint density at radius 1 is 1.03 bits per heavy atom. The molecule has 178 valence electrons. The minimum Gasteiger partial charge on any atom is -0.355 e. The van der Waals surface area contributed by atoms with E-state index in [-0.39, 0.29) is 24.0 Å². The number of nitrogens with zero attached hydrogens (tertiary/aromatic N) is 5. The van der Waals surface area contributed by atoms with Crippen LogP contribution in [0.5, 0.6) is 0 Å². The van der Waals surface area contributed by atoms with Gasteiger partial charge in [-0.1, -0.05) is 46.0 Å². The van der Waals surface area contributed by atoms with E-state index in [1.807, 2.05) is 18.5 Å². The first-order valence-corrected chi connectivity index (χ1v) is 12.2. The van der Waals surface area contributed by atoms with Gasteiger partial charge in [-0.3, -0.25) is 4.90 Å². The molecule has 0 spiro atoms. The molecule has 0 aromatic carbocycles. The van der Waals surface area contributed by atoms with Gasteiger partial charge >= 0.3 is 0 Å². The molecule has 0 radical (unpaired) electrons. The van der Waals surface area contributed by atoms with Gasteiger partial charge < -0.3 is 15.2 Å². The molecule has 2 fully saturated rings. The summed E-state index contributed by atoms with van der Waals surface area (Å²) in [5, 5.41) is 15.9. The topological polar surface area (TPSA) is 70.4 Å². The Balaban J connectivity index is 0.00000341. The van der Waals surface area contributed by atoms with Crippen molar-refractivity contribution in [1.82, 2.24) is 30.3 Å². The van der Waals surface area contributed by atoms with Gasteiger partial charge in [0.15, 0.2) is 11.8 Å². The first-order valence-electron chi connectivity index (χ1n) is 12.2. The molecule has 1 atom stereocenters. The summed E-state index contributed by atoms with van der Waals surface area (Å²) in [6.45, 7) is 10.6. The van der Waals surface area contributed by atoms with Crippen molar-refractivity contribution < 1.29 is 0 Å². The normalized spacial score (nSPS) is 20.2. The summed E-state index contributed by atoms with van der Waals surface area (Å²) in [7, 11) is 2.01. The number of aliphatic imine (C=N–C) groups is 1. The number of halogens is 1. The maximum atomic E-state index is 4.91. The summed E-state index contributed by atoms with van der Waals surface area (Å²) in [6, 6.07) is 1.07. The smallest absolute Gasteiger partial charge is 0.191 e. The van der Waals surface area contributed by atoms with Gasteiger partial charge in [0.1, 0.15) is 12.4 Å². The maximum absolute atomic E-state index is 4.91. The van der Waals surface area contributed by atoms with Gasteiger partial charge in [-0.15, -0.1) is 34.2 Å². The van der Waals surface area contributed by atoms with E-state index >= 15 is 0 Å². The van der Waals surface area contributed by atoms with Gasteiger partial charge in [0.25, 0.3) is 0 Å². The fourth-order valence-electron chi connectivity index (χ4n) is 4.75. The third-order valence-electron chi connectivity index (χ3n) is 6.87. The molecule has 1 aromatic heterocycles. The van der Waals surface area contributed by atoms with Crippen LogP contribution in [0.2, 0.25) is 0 Å². The minimum absolute atomic E-state index is 0. The molecule has 0 bridgehead atoms. The Bertz CT molecular complexity index is 659. The van der Waals surface area contributed by atoms with Crippen LogP contribution in [0.25, 0.3) is 0 Å². The lowest BCUT2D eigenvalue weighted by Gasteiger charge is -2.34. The maximum Gasteiger partial charge on any atom is 0.191 e. The zero-order valence-electron chi connectivity index (χ0n) is 20.1. The molecule has 2 heterocycles. The molecule has 1 saturated carbocycles. The van der Waals surface area contributed by atoms with Crippen LogP contribution >= 0.6 is 24.0 Å². The van der Waals surface area contributed by atoms with E-state index in [1.165, 1.54) is 70.9 Å². The number of likely N-dealkylation sites (tertiary alicyclic amines) is 1. The van der Waals surface area contributed by atoms with Gasteiger partial charge in [-0.05, 0) is 51.6 Å². The molecule has 31 heavy (non-hydrogen) atoms. The van der Waals surface area contributed by atoms with E-state index in [4.69, 9.17) is 4.99 Å². The zero-order chi connectivity index (χ0) is 21.3. The number of aromatic nitrogens is 3. The first-order chi connectivity index (χ1) is 14.5. The summed E-state index contributed by atoms with van der Waals surface area (Å²) in [4.78, 5) is 7.61. The quantitative estimate of drug-likeness (QED) is 0.308. The highest BCUT2D eigenvalue weighted by molar-refractivity contribution is 14.0. The number of rotatable bonds is 7. The molecular weight excluding hydrogens is 501 g/mol. The average Bonchev–Trinajstić information content (AvgIpc) is 2.92. The van der Waals surface area contributed by atoms with Gasteiger partial charge in [0.05, 0.1) is 0 Å². The fraction of sp³-hybridized carbons (Fsp3) is 0.870. The van der Waals surface area contributed by atoms with Gasteiger partial charge in [-0.25, -0.2) is 4.99 Å². The number of guanidine groups is 1. The molecule has 1 aromatic rings. The second kappa shape index (κ2) is 13.6. The summed E-state index contributed by atoms with van der Waals surface area (Å²) >= 11 is 0. The summed E-state index contributed by atoms with van der Waals surface area (Å²) in [5.74, 6) is 3.39. The van der Waals surface area contributed by atoms with Crippen LogP contribution in [0.15, 0.2) is 4.99 Å². The van der Waals surface area contributed by atoms with Crippen LogP contribution in [0.1, 0.15) is 83.3 Å². The predicted molar refractivity (Wildman–Crippen MR) is 139 cm³/mol. The Labute approximate surface area is 206 Å². The molecule has 1 saturated heterocycles. The van der Waals surface area contributed by atoms with Crippen LogP contribution in [0.4, 0.5) is 0 Å². The Hall–Kier alpha value is -0.900. The van der Waals surface area contributed by atoms with E-state index in [1.54, 1.807) is 0 Å². The van der Waals surface area contributed by atoms with E-state index < -0.39 is 0 Å². The average molecular weight is 546 g/mol. The monoisotopic (exact) mass is 545 g/mol. The third-order valence-corrected chi connectivity index (χ3v) is 6.87. The van der Waals surface area contributed by atoms with Crippen LogP contribution in [0.3, 0.4) is 0 Å². The third kappa shape index (κ3) is 8.18. The standard InChI is InChI=1S/C23H43N7.HI/c1-18(2)21(30-14-10-5-6-11-15-30)16-24-23(26-20-12-8-7-9-13-20)25-17-22-28-27-19(3)29(22)4;/h18,20-21H,5-17H2,1-4H3,(H2,24,25,26);1H. The highest BCUT2D eigenvalue weighted by Gasteiger charge is 2.23. The van der Waals surface area contributed by atoms with E-state index in [0.717, 1.165) is 24.2 Å². The minimum atomic E-state index is 0. The molecule has 1 aliphatic heterocycles. The second-order valence-electron chi connectivity index (χ2n) is 9.51. The Kier molecular flexibility index (Phi) is 11.6. The molecule has 8 heteroatoms. The molecule has 3 rings (SSSR count). The lowest BCUT2D eigenvalue weighted by Crippen LogP contribution is -2.51. The lowest BCUT2D eigenvalue weighted by molar-refractivity contribution is 0.161. The molecule has 7 nitrogen and oxygen atoms in total. The van der Waals surface area contributed by atoms with Crippen LogP contribution in [0, 0.1) is 12.8 Å². The molecule has 0 amide bonds.